The van der Waals surface area contributed by atoms with Gasteiger partial charge in [0.15, 0.2) is 0 Å². The van der Waals surface area contributed by atoms with E-state index >= 15 is 0 Å². The summed E-state index contributed by atoms with van der Waals surface area (Å²) >= 11 is 0. The van der Waals surface area contributed by atoms with Crippen LogP contribution in [0.1, 0.15) is 49.1 Å². The second-order valence-corrected chi connectivity index (χ2v) is 8.87. The van der Waals surface area contributed by atoms with Gasteiger partial charge in [-0.15, -0.1) is 0 Å². The van der Waals surface area contributed by atoms with E-state index in [9.17, 15) is 8.42 Å². The number of rotatable bonds is 3. The van der Waals surface area contributed by atoms with Gasteiger partial charge in [0.25, 0.3) is 10.0 Å². The lowest BCUT2D eigenvalue weighted by atomic mass is 9.84. The first-order valence-corrected chi connectivity index (χ1v) is 10.4. The van der Waals surface area contributed by atoms with Crippen LogP contribution in [0.15, 0.2) is 59.6 Å². The number of benzene rings is 2. The van der Waals surface area contributed by atoms with Gasteiger partial charge in [-0.2, -0.15) is 0 Å². The minimum Gasteiger partial charge on any atom is -0.241 e. The summed E-state index contributed by atoms with van der Waals surface area (Å²) < 4.78 is 27.9. The van der Waals surface area contributed by atoms with E-state index in [0.717, 1.165) is 29.3 Å². The molecule has 0 aliphatic heterocycles. The Hall–Kier alpha value is -2.07. The van der Waals surface area contributed by atoms with Crippen molar-refractivity contribution in [1.82, 2.24) is 3.97 Å². The maximum atomic E-state index is 13.2. The molecule has 1 aromatic heterocycles. The van der Waals surface area contributed by atoms with Crippen molar-refractivity contribution in [3.8, 4) is 0 Å². The van der Waals surface area contributed by atoms with Gasteiger partial charge < -0.3 is 0 Å². The van der Waals surface area contributed by atoms with Crippen LogP contribution in [0.5, 0.6) is 0 Å². The smallest absolute Gasteiger partial charge is 0.241 e. The summed E-state index contributed by atoms with van der Waals surface area (Å²) in [5.74, 6) is 0.466. The van der Waals surface area contributed by atoms with Crippen LogP contribution in [0, 0.1) is 6.92 Å². The molecule has 0 atom stereocenters. The third-order valence-corrected chi connectivity index (χ3v) is 7.02. The lowest BCUT2D eigenvalue weighted by Gasteiger charge is -2.21. The van der Waals surface area contributed by atoms with E-state index in [-0.39, 0.29) is 0 Å². The number of nitrogens with zero attached hydrogens (tertiary/aromatic N) is 1. The van der Waals surface area contributed by atoms with E-state index in [1.54, 1.807) is 12.1 Å². The van der Waals surface area contributed by atoms with Gasteiger partial charge in [0.2, 0.25) is 0 Å². The normalized spacial score (nSPS) is 16.4. The van der Waals surface area contributed by atoms with Crippen molar-refractivity contribution in [3.05, 3.63) is 65.9 Å². The molecule has 0 N–H and O–H groups in total. The van der Waals surface area contributed by atoms with Crippen molar-refractivity contribution in [2.45, 2.75) is 49.8 Å². The number of hydrogen-bond acceptors (Lipinski definition) is 2. The molecule has 1 saturated carbocycles. The maximum Gasteiger partial charge on any atom is 0.268 e. The largest absolute Gasteiger partial charge is 0.268 e. The highest BCUT2D eigenvalue weighted by Crippen LogP contribution is 2.38. The van der Waals surface area contributed by atoms with Crippen LogP contribution < -0.4 is 0 Å². The molecule has 3 nitrogen and oxygen atoms in total. The van der Waals surface area contributed by atoms with Crippen LogP contribution in [-0.2, 0) is 10.0 Å². The molecule has 0 radical (unpaired) electrons. The second-order valence-electron chi connectivity index (χ2n) is 7.05. The zero-order valence-corrected chi connectivity index (χ0v) is 15.3. The second kappa shape index (κ2) is 6.34. The van der Waals surface area contributed by atoms with Crippen LogP contribution in [0.3, 0.4) is 0 Å². The number of aryl methyl sites for hydroxylation is 1. The molecule has 0 amide bonds. The minimum atomic E-state index is -3.58. The summed E-state index contributed by atoms with van der Waals surface area (Å²) in [6, 6.07) is 15.0. The first-order valence-electron chi connectivity index (χ1n) is 8.99. The average molecular weight is 353 g/mol. The van der Waals surface area contributed by atoms with Crippen molar-refractivity contribution in [3.63, 3.8) is 0 Å². The fourth-order valence-electron chi connectivity index (χ4n) is 3.94. The number of para-hydroxylation sites is 1. The molecule has 25 heavy (non-hydrogen) atoms. The quantitative estimate of drug-likeness (QED) is 0.646. The van der Waals surface area contributed by atoms with E-state index in [0.29, 0.717) is 10.8 Å². The van der Waals surface area contributed by atoms with Crippen molar-refractivity contribution < 1.29 is 8.42 Å². The summed E-state index contributed by atoms with van der Waals surface area (Å²) in [7, 11) is -3.58. The monoisotopic (exact) mass is 353 g/mol. The van der Waals surface area contributed by atoms with Crippen molar-refractivity contribution >= 4 is 20.9 Å². The average Bonchev–Trinajstić information content (AvgIpc) is 3.03. The predicted molar refractivity (Wildman–Crippen MR) is 102 cm³/mol. The molecular weight excluding hydrogens is 330 g/mol. The van der Waals surface area contributed by atoms with Crippen LogP contribution in [0.2, 0.25) is 0 Å². The standard InChI is InChI=1S/C21H23NO2S/c1-16-11-13-18(14-12-16)25(23,24)22-15-20(17-7-3-2-4-8-17)19-9-5-6-10-21(19)22/h5-6,9-15,17H,2-4,7-8H2,1H3. The zero-order chi connectivity index (χ0) is 17.4. The Bertz CT molecular complexity index is 994. The maximum absolute atomic E-state index is 13.2. The molecular formula is C21H23NO2S. The van der Waals surface area contributed by atoms with Gasteiger partial charge in [0.1, 0.15) is 0 Å². The SMILES string of the molecule is Cc1ccc(S(=O)(=O)n2cc(C3CCCCC3)c3ccccc32)cc1. The summed E-state index contributed by atoms with van der Waals surface area (Å²) in [4.78, 5) is 0.342. The van der Waals surface area contributed by atoms with Crippen LogP contribution in [0.25, 0.3) is 10.9 Å². The summed E-state index contributed by atoms with van der Waals surface area (Å²) in [6.45, 7) is 1.96. The predicted octanol–water partition coefficient (Wildman–Crippen LogP) is 5.23. The van der Waals surface area contributed by atoms with E-state index in [1.807, 2.05) is 43.5 Å². The lowest BCUT2D eigenvalue weighted by molar-refractivity contribution is 0.445. The number of fused-ring (bicyclic) bond motifs is 1. The first kappa shape index (κ1) is 16.4. The molecule has 0 bridgehead atoms. The first-order chi connectivity index (χ1) is 12.1. The van der Waals surface area contributed by atoms with Gasteiger partial charge in [-0.05, 0) is 49.4 Å². The van der Waals surface area contributed by atoms with Crippen molar-refractivity contribution in [2.75, 3.05) is 0 Å². The highest BCUT2D eigenvalue weighted by atomic mass is 32.2. The van der Waals surface area contributed by atoms with Gasteiger partial charge in [-0.3, -0.25) is 0 Å². The molecule has 0 unspecified atom stereocenters. The van der Waals surface area contributed by atoms with Gasteiger partial charge in [0, 0.05) is 11.6 Å². The molecule has 0 saturated heterocycles. The van der Waals surface area contributed by atoms with E-state index < -0.39 is 10.0 Å². The highest BCUT2D eigenvalue weighted by molar-refractivity contribution is 7.90. The third kappa shape index (κ3) is 2.89. The Balaban J connectivity index is 1.88. The molecule has 1 aliphatic carbocycles. The molecule has 130 valence electrons. The van der Waals surface area contributed by atoms with Crippen molar-refractivity contribution in [2.24, 2.45) is 0 Å². The molecule has 2 aromatic carbocycles. The Morgan fingerprint density at radius 1 is 0.920 bits per heavy atom. The van der Waals surface area contributed by atoms with Crippen LogP contribution in [-0.4, -0.2) is 12.4 Å². The Labute approximate surface area is 149 Å². The van der Waals surface area contributed by atoms with Crippen molar-refractivity contribution in [1.29, 1.82) is 0 Å². The molecule has 4 heteroatoms. The summed E-state index contributed by atoms with van der Waals surface area (Å²) in [6.07, 6.45) is 7.92. The minimum absolute atomic E-state index is 0.342. The molecule has 4 rings (SSSR count). The summed E-state index contributed by atoms with van der Waals surface area (Å²) in [5, 5.41) is 1.07. The highest BCUT2D eigenvalue weighted by Gasteiger charge is 2.25. The van der Waals surface area contributed by atoms with E-state index in [4.69, 9.17) is 0 Å². The third-order valence-electron chi connectivity index (χ3n) is 5.33. The molecule has 1 aliphatic rings. The fourth-order valence-corrected chi connectivity index (χ4v) is 5.31. The number of hydrogen-bond donors (Lipinski definition) is 0. The Morgan fingerprint density at radius 3 is 2.32 bits per heavy atom. The molecule has 1 fully saturated rings. The van der Waals surface area contributed by atoms with Crippen LogP contribution >= 0.6 is 0 Å². The number of aromatic nitrogens is 1. The zero-order valence-electron chi connectivity index (χ0n) is 14.5. The summed E-state index contributed by atoms with van der Waals surface area (Å²) in [5.41, 5.74) is 3.02. The molecule has 1 heterocycles. The van der Waals surface area contributed by atoms with Crippen LogP contribution in [0.4, 0.5) is 0 Å². The van der Waals surface area contributed by atoms with E-state index in [1.165, 1.54) is 28.8 Å². The lowest BCUT2D eigenvalue weighted by Crippen LogP contribution is -2.12. The topological polar surface area (TPSA) is 39.1 Å². The van der Waals surface area contributed by atoms with Gasteiger partial charge >= 0.3 is 0 Å². The molecule has 0 spiro atoms. The van der Waals surface area contributed by atoms with E-state index in [2.05, 4.69) is 6.07 Å². The fraction of sp³-hybridized carbons (Fsp3) is 0.333. The van der Waals surface area contributed by atoms with Gasteiger partial charge in [0.05, 0.1) is 10.4 Å². The van der Waals surface area contributed by atoms with Gasteiger partial charge in [-0.25, -0.2) is 12.4 Å². The van der Waals surface area contributed by atoms with Gasteiger partial charge in [-0.1, -0.05) is 55.2 Å². The molecule has 3 aromatic rings. The Morgan fingerprint density at radius 2 is 1.60 bits per heavy atom. The Kier molecular flexibility index (Phi) is 4.16.